The number of amides is 1. The Labute approximate surface area is 175 Å². The number of aromatic nitrogens is 1. The van der Waals surface area contributed by atoms with E-state index in [1.807, 2.05) is 31.2 Å². The molecule has 0 radical (unpaired) electrons. The molecule has 0 unspecified atom stereocenters. The van der Waals surface area contributed by atoms with Gasteiger partial charge in [-0.3, -0.25) is 14.9 Å². The summed E-state index contributed by atoms with van der Waals surface area (Å²) in [7, 11) is 0. The third-order valence-electron chi connectivity index (χ3n) is 4.52. The molecule has 6 nitrogen and oxygen atoms in total. The minimum absolute atomic E-state index is 0.0281. The van der Waals surface area contributed by atoms with Crippen LogP contribution in [0, 0.1) is 12.7 Å². The first-order valence-corrected chi connectivity index (χ1v) is 10.0. The summed E-state index contributed by atoms with van der Waals surface area (Å²) in [6.45, 7) is 1.94. The van der Waals surface area contributed by atoms with Crippen molar-refractivity contribution in [1.82, 2.24) is 4.98 Å². The first kappa shape index (κ1) is 19.8. The average Bonchev–Trinajstić information content (AvgIpc) is 3.30. The fourth-order valence-electron chi connectivity index (χ4n) is 2.96. The number of halogens is 1. The van der Waals surface area contributed by atoms with Crippen molar-refractivity contribution >= 4 is 39.3 Å². The highest BCUT2D eigenvalue weighted by Crippen LogP contribution is 2.25. The lowest BCUT2D eigenvalue weighted by Gasteiger charge is -2.03. The number of benzene rings is 2. The van der Waals surface area contributed by atoms with Crippen molar-refractivity contribution in [1.29, 1.82) is 0 Å². The molecule has 4 aromatic rings. The molecular formula is C22H17FN2O4S. The molecule has 152 valence electrons. The summed E-state index contributed by atoms with van der Waals surface area (Å²) in [5, 5.41) is 5.44. The number of nitrogens with zero attached hydrogens (tertiary/aromatic N) is 1. The zero-order chi connectivity index (χ0) is 21.1. The van der Waals surface area contributed by atoms with Gasteiger partial charge in [-0.05, 0) is 25.1 Å². The summed E-state index contributed by atoms with van der Waals surface area (Å²) in [6.07, 6.45) is -0.0503. The van der Waals surface area contributed by atoms with Gasteiger partial charge in [-0.25, -0.2) is 9.37 Å². The molecule has 0 fully saturated rings. The molecule has 8 heteroatoms. The molecule has 0 saturated carbocycles. The van der Waals surface area contributed by atoms with Crippen molar-refractivity contribution in [2.45, 2.75) is 20.0 Å². The van der Waals surface area contributed by atoms with Crippen LogP contribution in [0.5, 0.6) is 0 Å². The molecule has 0 atom stereocenters. The van der Waals surface area contributed by atoms with E-state index in [2.05, 4.69) is 10.3 Å². The van der Waals surface area contributed by atoms with Crippen LogP contribution in [0.1, 0.15) is 27.4 Å². The minimum Gasteiger partial charge on any atom is -0.457 e. The van der Waals surface area contributed by atoms with Crippen LogP contribution < -0.4 is 5.32 Å². The molecule has 4 rings (SSSR count). The topological polar surface area (TPSA) is 81.4 Å². The molecule has 2 heterocycles. The number of esters is 1. The highest BCUT2D eigenvalue weighted by atomic mass is 32.1. The number of thiazole rings is 1. The molecule has 2 aromatic heterocycles. The van der Waals surface area contributed by atoms with Gasteiger partial charge in [0.1, 0.15) is 23.8 Å². The van der Waals surface area contributed by atoms with Crippen molar-refractivity contribution in [3.8, 4) is 0 Å². The fraction of sp³-hybridized carbons (Fsp3) is 0.136. The molecular weight excluding hydrogens is 407 g/mol. The van der Waals surface area contributed by atoms with Crippen LogP contribution in [-0.2, 0) is 22.6 Å². The normalized spacial score (nSPS) is 10.9. The second kappa shape index (κ2) is 8.46. The quantitative estimate of drug-likeness (QED) is 0.447. The monoisotopic (exact) mass is 424 g/mol. The van der Waals surface area contributed by atoms with E-state index >= 15 is 0 Å². The zero-order valence-corrected chi connectivity index (χ0v) is 16.8. The second-order valence-corrected chi connectivity index (χ2v) is 7.42. The lowest BCUT2D eigenvalue weighted by Crippen LogP contribution is -2.13. The molecule has 30 heavy (non-hydrogen) atoms. The van der Waals surface area contributed by atoms with E-state index in [0.717, 1.165) is 27.9 Å². The van der Waals surface area contributed by atoms with E-state index in [4.69, 9.17) is 9.15 Å². The molecule has 0 aliphatic rings. The smallest absolute Gasteiger partial charge is 0.312 e. The van der Waals surface area contributed by atoms with Crippen LogP contribution in [0.4, 0.5) is 9.52 Å². The third-order valence-corrected chi connectivity index (χ3v) is 5.33. The summed E-state index contributed by atoms with van der Waals surface area (Å²) in [5.41, 5.74) is 2.06. The minimum atomic E-state index is -0.615. The Morgan fingerprint density at radius 1 is 1.17 bits per heavy atom. The number of carbonyl (C=O) groups is 2. The van der Waals surface area contributed by atoms with Gasteiger partial charge in [0.05, 0.1) is 17.7 Å². The Balaban J connectivity index is 1.34. The lowest BCUT2D eigenvalue weighted by atomic mass is 10.1. The zero-order valence-electron chi connectivity index (χ0n) is 16.0. The number of para-hydroxylation sites is 1. The summed E-state index contributed by atoms with van der Waals surface area (Å²) in [4.78, 5) is 28.5. The van der Waals surface area contributed by atoms with Crippen molar-refractivity contribution in [3.63, 3.8) is 0 Å². The maximum absolute atomic E-state index is 13.7. The SMILES string of the molecule is Cc1c(COC(=O)Cc2csc(NC(=O)c3ccccc3F)n2)oc2ccccc12. The summed E-state index contributed by atoms with van der Waals surface area (Å²) < 4.78 is 24.7. The molecule has 0 aliphatic carbocycles. The summed E-state index contributed by atoms with van der Waals surface area (Å²) >= 11 is 1.15. The van der Waals surface area contributed by atoms with Crippen molar-refractivity contribution in [2.75, 3.05) is 5.32 Å². The lowest BCUT2D eigenvalue weighted by molar-refractivity contribution is -0.144. The number of rotatable bonds is 6. The number of anilines is 1. The number of aryl methyl sites for hydroxylation is 1. The Kier molecular flexibility index (Phi) is 5.58. The summed E-state index contributed by atoms with van der Waals surface area (Å²) in [6, 6.07) is 13.3. The molecule has 1 N–H and O–H groups in total. The number of nitrogens with one attached hydrogen (secondary N) is 1. The Bertz CT molecular complexity index is 1230. The molecule has 0 aliphatic heterocycles. The standard InChI is InChI=1S/C22H17FN2O4S/c1-13-15-6-3-5-9-18(15)29-19(13)11-28-20(26)10-14-12-30-22(24-14)25-21(27)16-7-2-4-8-17(16)23/h2-9,12H,10-11H2,1H3,(H,24,25,27). The average molecular weight is 424 g/mol. The molecule has 2 aromatic carbocycles. The number of ether oxygens (including phenoxy) is 1. The van der Waals surface area contributed by atoms with Gasteiger partial charge in [-0.2, -0.15) is 0 Å². The largest absolute Gasteiger partial charge is 0.457 e. The first-order valence-electron chi connectivity index (χ1n) is 9.14. The maximum atomic E-state index is 13.7. The van der Waals surface area contributed by atoms with Crippen molar-refractivity contribution < 1.29 is 23.1 Å². The Morgan fingerprint density at radius 3 is 2.73 bits per heavy atom. The van der Waals surface area contributed by atoms with Crippen molar-refractivity contribution in [3.05, 3.63) is 82.3 Å². The molecule has 0 saturated heterocycles. The van der Waals surface area contributed by atoms with Gasteiger partial charge in [-0.15, -0.1) is 11.3 Å². The fourth-order valence-corrected chi connectivity index (χ4v) is 3.67. The van der Waals surface area contributed by atoms with Crippen LogP contribution >= 0.6 is 11.3 Å². The van der Waals surface area contributed by atoms with E-state index in [-0.39, 0.29) is 23.7 Å². The van der Waals surface area contributed by atoms with Gasteiger partial charge in [0.15, 0.2) is 5.13 Å². The molecule has 1 amide bonds. The van der Waals surface area contributed by atoms with Crippen LogP contribution in [0.25, 0.3) is 11.0 Å². The van der Waals surface area contributed by atoms with E-state index in [1.54, 1.807) is 11.4 Å². The highest BCUT2D eigenvalue weighted by Gasteiger charge is 2.16. The number of hydrogen-bond donors (Lipinski definition) is 1. The van der Waals surface area contributed by atoms with Crippen molar-refractivity contribution in [2.24, 2.45) is 0 Å². The second-order valence-electron chi connectivity index (χ2n) is 6.56. The predicted molar refractivity (Wildman–Crippen MR) is 111 cm³/mol. The van der Waals surface area contributed by atoms with Gasteiger partial charge < -0.3 is 9.15 Å². The Hall–Kier alpha value is -3.52. The van der Waals surface area contributed by atoms with Gasteiger partial charge >= 0.3 is 5.97 Å². The van der Waals surface area contributed by atoms with Gasteiger partial charge in [-0.1, -0.05) is 30.3 Å². The number of fused-ring (bicyclic) bond motifs is 1. The number of hydrogen-bond acceptors (Lipinski definition) is 6. The van der Waals surface area contributed by atoms with Gasteiger partial charge in [0.25, 0.3) is 5.91 Å². The Morgan fingerprint density at radius 2 is 1.93 bits per heavy atom. The van der Waals surface area contributed by atoms with E-state index < -0.39 is 17.7 Å². The van der Waals surface area contributed by atoms with Crippen LogP contribution in [0.3, 0.4) is 0 Å². The summed E-state index contributed by atoms with van der Waals surface area (Å²) in [5.74, 6) is -1.08. The molecule has 0 bridgehead atoms. The van der Waals surface area contributed by atoms with Crippen LogP contribution in [-0.4, -0.2) is 16.9 Å². The highest BCUT2D eigenvalue weighted by molar-refractivity contribution is 7.14. The third kappa shape index (κ3) is 4.23. The molecule has 0 spiro atoms. The number of carbonyl (C=O) groups excluding carboxylic acids is 2. The van der Waals surface area contributed by atoms with Gasteiger partial charge in [0.2, 0.25) is 0 Å². The number of furan rings is 1. The van der Waals surface area contributed by atoms with E-state index in [9.17, 15) is 14.0 Å². The van der Waals surface area contributed by atoms with E-state index in [0.29, 0.717) is 11.5 Å². The van der Waals surface area contributed by atoms with Gasteiger partial charge in [0, 0.05) is 16.3 Å². The first-order chi connectivity index (χ1) is 14.5. The predicted octanol–water partition coefficient (Wildman–Crippen LogP) is 4.88. The maximum Gasteiger partial charge on any atom is 0.312 e. The van der Waals surface area contributed by atoms with E-state index in [1.165, 1.54) is 18.2 Å². The van der Waals surface area contributed by atoms with Crippen LogP contribution in [0.2, 0.25) is 0 Å². The van der Waals surface area contributed by atoms with Crippen LogP contribution in [0.15, 0.2) is 58.3 Å².